The molecular weight excluding hydrogens is 200 g/mol. The van der Waals surface area contributed by atoms with Gasteiger partial charge in [0.2, 0.25) is 0 Å². The van der Waals surface area contributed by atoms with Crippen LogP contribution in [-0.2, 0) is 0 Å². The van der Waals surface area contributed by atoms with Crippen LogP contribution in [0.1, 0.15) is 32.1 Å². The quantitative estimate of drug-likeness (QED) is 0.426. The first-order valence-corrected chi connectivity index (χ1v) is 5.87. The van der Waals surface area contributed by atoms with E-state index in [9.17, 15) is 0 Å². The molecule has 1 unspecified atom stereocenters. The van der Waals surface area contributed by atoms with Crippen LogP contribution in [0.25, 0.3) is 0 Å². The van der Waals surface area contributed by atoms with Crippen LogP contribution in [0.3, 0.4) is 0 Å². The molecule has 0 bridgehead atoms. The van der Waals surface area contributed by atoms with Crippen LogP contribution in [-0.4, -0.2) is 19.6 Å². The molecule has 0 radical (unpaired) electrons. The van der Waals surface area contributed by atoms with Crippen molar-refractivity contribution in [3.8, 4) is 6.07 Å². The summed E-state index contributed by atoms with van der Waals surface area (Å²) in [6, 6.07) is 1.69. The Labute approximate surface area is 99.5 Å². The summed E-state index contributed by atoms with van der Waals surface area (Å²) in [5.41, 5.74) is 16.5. The van der Waals surface area contributed by atoms with Gasteiger partial charge in [0.1, 0.15) is 0 Å². The highest BCUT2D eigenvalue weighted by atomic mass is 14.6. The van der Waals surface area contributed by atoms with E-state index in [1.54, 1.807) is 6.07 Å². The second kappa shape index (κ2) is 16.5. The van der Waals surface area contributed by atoms with Gasteiger partial charge < -0.3 is 17.2 Å². The molecule has 0 aliphatic rings. The third-order valence-electron chi connectivity index (χ3n) is 2.31. The molecule has 0 fully saturated rings. The van der Waals surface area contributed by atoms with E-state index < -0.39 is 0 Å². The molecule has 16 heavy (non-hydrogen) atoms. The van der Waals surface area contributed by atoms with Gasteiger partial charge in [0.05, 0.1) is 6.07 Å². The van der Waals surface area contributed by atoms with E-state index in [2.05, 4.69) is 6.58 Å². The molecule has 0 amide bonds. The number of nitrogens with two attached hydrogens (primary N) is 3. The van der Waals surface area contributed by atoms with Crippen molar-refractivity contribution in [2.45, 2.75) is 32.1 Å². The Balaban J connectivity index is 0. The molecule has 0 aliphatic carbocycles. The monoisotopic (exact) mass is 226 g/mol. The van der Waals surface area contributed by atoms with Gasteiger partial charge in [-0.25, -0.2) is 0 Å². The first kappa shape index (κ1) is 17.5. The molecule has 0 rings (SSSR count). The van der Waals surface area contributed by atoms with E-state index in [4.69, 9.17) is 22.5 Å². The Morgan fingerprint density at radius 1 is 1.06 bits per heavy atom. The van der Waals surface area contributed by atoms with E-state index in [1.807, 2.05) is 0 Å². The average Bonchev–Trinajstić information content (AvgIpc) is 2.34. The van der Waals surface area contributed by atoms with Gasteiger partial charge in [-0.15, -0.1) is 0 Å². The van der Waals surface area contributed by atoms with Crippen molar-refractivity contribution in [3.63, 3.8) is 0 Å². The zero-order valence-corrected chi connectivity index (χ0v) is 10.2. The number of hydrogen-bond acceptors (Lipinski definition) is 4. The van der Waals surface area contributed by atoms with Crippen LogP contribution in [0.15, 0.2) is 12.7 Å². The summed E-state index contributed by atoms with van der Waals surface area (Å²) >= 11 is 0. The number of hydrogen-bond donors (Lipinski definition) is 3. The van der Waals surface area contributed by atoms with Crippen molar-refractivity contribution in [3.05, 3.63) is 12.7 Å². The number of nitrogens with zero attached hydrogens (tertiary/aromatic N) is 1. The third kappa shape index (κ3) is 15.6. The summed E-state index contributed by atoms with van der Waals surface area (Å²) in [7, 11) is 0. The van der Waals surface area contributed by atoms with Gasteiger partial charge in [-0.1, -0.05) is 13.0 Å². The van der Waals surface area contributed by atoms with Gasteiger partial charge in [0, 0.05) is 6.08 Å². The molecule has 0 aromatic heterocycles. The lowest BCUT2D eigenvalue weighted by Gasteiger charge is -2.13. The number of allylic oxidation sites excluding steroid dienone is 1. The standard InChI is InChI=1S/C9H23N3.C3H3N/c10-6-2-1-4-9(8-12)5-3-7-11;1-2-3-4/h9H,1-8,10-12H2;2H,1H2. The molecule has 0 saturated heterocycles. The molecule has 94 valence electrons. The predicted octanol–water partition coefficient (Wildman–Crippen LogP) is 1.13. The lowest BCUT2D eigenvalue weighted by Crippen LogP contribution is -2.16. The third-order valence-corrected chi connectivity index (χ3v) is 2.31. The highest BCUT2D eigenvalue weighted by Crippen LogP contribution is 2.12. The Hall–Kier alpha value is -0.890. The maximum atomic E-state index is 7.51. The highest BCUT2D eigenvalue weighted by molar-refractivity contribution is 4.93. The molecule has 4 heteroatoms. The molecule has 0 aromatic rings. The van der Waals surface area contributed by atoms with Crippen molar-refractivity contribution in [1.29, 1.82) is 5.26 Å². The van der Waals surface area contributed by atoms with E-state index in [-0.39, 0.29) is 0 Å². The molecule has 0 spiro atoms. The average molecular weight is 226 g/mol. The fraction of sp³-hybridized carbons (Fsp3) is 0.750. The van der Waals surface area contributed by atoms with Gasteiger partial charge in [0.25, 0.3) is 0 Å². The maximum Gasteiger partial charge on any atom is 0.0905 e. The zero-order chi connectivity index (χ0) is 12.6. The fourth-order valence-corrected chi connectivity index (χ4v) is 1.36. The van der Waals surface area contributed by atoms with Crippen molar-refractivity contribution in [2.75, 3.05) is 19.6 Å². The summed E-state index contributed by atoms with van der Waals surface area (Å²) in [5, 5.41) is 7.51. The van der Waals surface area contributed by atoms with Crippen LogP contribution in [0.4, 0.5) is 0 Å². The minimum atomic E-state index is 0.667. The summed E-state index contributed by atoms with van der Waals surface area (Å²) < 4.78 is 0. The normalized spacial score (nSPS) is 10.9. The van der Waals surface area contributed by atoms with E-state index >= 15 is 0 Å². The predicted molar refractivity (Wildman–Crippen MR) is 69.5 cm³/mol. The zero-order valence-electron chi connectivity index (χ0n) is 10.2. The van der Waals surface area contributed by atoms with Gasteiger partial charge in [0.15, 0.2) is 0 Å². The molecule has 0 heterocycles. The largest absolute Gasteiger partial charge is 0.330 e. The summed E-state index contributed by atoms with van der Waals surface area (Å²) in [6.07, 6.45) is 7.01. The van der Waals surface area contributed by atoms with E-state index in [0.717, 1.165) is 32.5 Å². The molecule has 0 aromatic carbocycles. The molecule has 0 saturated carbocycles. The summed E-state index contributed by atoms with van der Waals surface area (Å²) in [6.45, 7) is 5.50. The fourth-order valence-electron chi connectivity index (χ4n) is 1.36. The Morgan fingerprint density at radius 2 is 1.56 bits per heavy atom. The lowest BCUT2D eigenvalue weighted by atomic mass is 9.97. The van der Waals surface area contributed by atoms with Crippen molar-refractivity contribution < 1.29 is 0 Å². The molecule has 4 nitrogen and oxygen atoms in total. The smallest absolute Gasteiger partial charge is 0.0905 e. The van der Waals surface area contributed by atoms with Gasteiger partial charge in [-0.3, -0.25) is 0 Å². The van der Waals surface area contributed by atoms with Crippen molar-refractivity contribution in [2.24, 2.45) is 23.1 Å². The first-order valence-electron chi connectivity index (χ1n) is 5.87. The van der Waals surface area contributed by atoms with Crippen molar-refractivity contribution >= 4 is 0 Å². The lowest BCUT2D eigenvalue weighted by molar-refractivity contribution is 0.431. The second-order valence-electron chi connectivity index (χ2n) is 3.65. The minimum absolute atomic E-state index is 0.667. The summed E-state index contributed by atoms with van der Waals surface area (Å²) in [4.78, 5) is 0. The maximum absolute atomic E-state index is 7.51. The van der Waals surface area contributed by atoms with Crippen LogP contribution in [0.2, 0.25) is 0 Å². The van der Waals surface area contributed by atoms with E-state index in [1.165, 1.54) is 25.3 Å². The van der Waals surface area contributed by atoms with Crippen LogP contribution >= 0.6 is 0 Å². The molecule has 6 N–H and O–H groups in total. The van der Waals surface area contributed by atoms with Gasteiger partial charge >= 0.3 is 0 Å². The van der Waals surface area contributed by atoms with Crippen molar-refractivity contribution in [1.82, 2.24) is 0 Å². The Bertz CT molecular complexity index is 174. The highest BCUT2D eigenvalue weighted by Gasteiger charge is 2.04. The number of unbranched alkanes of at least 4 members (excludes halogenated alkanes) is 1. The SMILES string of the molecule is C=CC#N.NCCCCC(CN)CCCN. The number of rotatable bonds is 8. The Morgan fingerprint density at radius 3 is 1.94 bits per heavy atom. The van der Waals surface area contributed by atoms with Gasteiger partial charge in [-0.05, 0) is 51.2 Å². The first-order chi connectivity index (χ1) is 7.76. The Kier molecular flexibility index (Phi) is 18.1. The summed E-state index contributed by atoms with van der Waals surface area (Å²) in [5.74, 6) is 0.667. The molecule has 1 atom stereocenters. The number of nitriles is 1. The molecule has 0 aliphatic heterocycles. The second-order valence-corrected chi connectivity index (χ2v) is 3.65. The minimum Gasteiger partial charge on any atom is -0.330 e. The van der Waals surface area contributed by atoms with Crippen LogP contribution in [0, 0.1) is 17.2 Å². The molecular formula is C12H26N4. The van der Waals surface area contributed by atoms with Gasteiger partial charge in [-0.2, -0.15) is 5.26 Å². The van der Waals surface area contributed by atoms with Crippen LogP contribution in [0.5, 0.6) is 0 Å². The topological polar surface area (TPSA) is 102 Å². The van der Waals surface area contributed by atoms with Crippen LogP contribution < -0.4 is 17.2 Å². The van der Waals surface area contributed by atoms with E-state index in [0.29, 0.717) is 5.92 Å².